The summed E-state index contributed by atoms with van der Waals surface area (Å²) in [5, 5.41) is 0. The zero-order valence-electron chi connectivity index (χ0n) is 12.0. The lowest BCUT2D eigenvalue weighted by Crippen LogP contribution is -2.24. The predicted molar refractivity (Wildman–Crippen MR) is 77.3 cm³/mol. The molecule has 6 rings (SSSR count). The zero-order valence-corrected chi connectivity index (χ0v) is 12.0. The van der Waals surface area contributed by atoms with Gasteiger partial charge in [0.2, 0.25) is 0 Å². The Kier molecular flexibility index (Phi) is 2.67. The molecule has 2 heteroatoms. The van der Waals surface area contributed by atoms with Gasteiger partial charge in [-0.25, -0.2) is 0 Å². The minimum atomic E-state index is 0.638. The van der Waals surface area contributed by atoms with E-state index in [4.69, 9.17) is 9.47 Å². The molecule has 0 N–H and O–H groups in total. The second-order valence-electron chi connectivity index (χ2n) is 7.51. The first-order valence-electron chi connectivity index (χ1n) is 8.51. The molecule has 8 unspecified atom stereocenters. The molecule has 0 aromatic carbocycles. The summed E-state index contributed by atoms with van der Waals surface area (Å²) < 4.78 is 11.1. The first-order chi connectivity index (χ1) is 9.88. The molecular formula is C18H24O2. The van der Waals surface area contributed by atoms with Gasteiger partial charge in [-0.05, 0) is 62.2 Å². The number of hydrogen-bond donors (Lipinski definition) is 0. The number of rotatable bonds is 0. The second-order valence-corrected chi connectivity index (χ2v) is 7.51. The van der Waals surface area contributed by atoms with Crippen LogP contribution in [0, 0.1) is 23.7 Å². The van der Waals surface area contributed by atoms with Crippen molar-refractivity contribution in [1.29, 1.82) is 0 Å². The van der Waals surface area contributed by atoms with Crippen LogP contribution in [0.1, 0.15) is 38.5 Å². The van der Waals surface area contributed by atoms with Crippen molar-refractivity contribution in [1.82, 2.24) is 0 Å². The lowest BCUT2D eigenvalue weighted by atomic mass is 9.81. The number of ether oxygens (including phenoxy) is 2. The van der Waals surface area contributed by atoms with Gasteiger partial charge in [-0.2, -0.15) is 0 Å². The maximum atomic E-state index is 5.53. The summed E-state index contributed by atoms with van der Waals surface area (Å²) in [7, 11) is 0. The zero-order chi connectivity index (χ0) is 13.1. The quantitative estimate of drug-likeness (QED) is 0.498. The summed E-state index contributed by atoms with van der Waals surface area (Å²) in [6, 6.07) is 0. The fourth-order valence-corrected chi connectivity index (χ4v) is 5.05. The summed E-state index contributed by atoms with van der Waals surface area (Å²) in [6.45, 7) is 0. The van der Waals surface area contributed by atoms with Crippen LogP contribution in [-0.4, -0.2) is 24.4 Å². The van der Waals surface area contributed by atoms with Crippen LogP contribution in [-0.2, 0) is 9.47 Å². The standard InChI is InChI=1S/C9H12O2.C9H12/c1-4-2-8-9(11-8)5(4)3-7-6(1)10-7;1-2-5-9-7-3-6-8(9)4-1/h4-9H,1-3H2;1-3,6,8-9H,4-5,7H2. The molecule has 20 heavy (non-hydrogen) atoms. The van der Waals surface area contributed by atoms with Crippen LogP contribution in [0.2, 0.25) is 0 Å². The van der Waals surface area contributed by atoms with Gasteiger partial charge >= 0.3 is 0 Å². The van der Waals surface area contributed by atoms with E-state index in [1.807, 2.05) is 0 Å². The van der Waals surface area contributed by atoms with E-state index in [0.717, 1.165) is 23.7 Å². The van der Waals surface area contributed by atoms with E-state index < -0.39 is 0 Å². The van der Waals surface area contributed by atoms with Gasteiger partial charge in [-0.15, -0.1) is 0 Å². The summed E-state index contributed by atoms with van der Waals surface area (Å²) in [5.41, 5.74) is 0. The van der Waals surface area contributed by atoms with Crippen molar-refractivity contribution in [3.63, 3.8) is 0 Å². The topological polar surface area (TPSA) is 25.1 Å². The second kappa shape index (κ2) is 4.45. The molecule has 4 aliphatic carbocycles. The SMILES string of the molecule is C1=CCC2CC=CC2C1.C1C2CC3OC3C2CC2OC12. The number of allylic oxidation sites excluding steroid dienone is 4. The maximum Gasteiger partial charge on any atom is 0.0873 e. The minimum Gasteiger partial charge on any atom is -0.370 e. The van der Waals surface area contributed by atoms with Crippen molar-refractivity contribution in [3.8, 4) is 0 Å². The predicted octanol–water partition coefficient (Wildman–Crippen LogP) is 3.48. The molecule has 0 amide bonds. The molecule has 0 spiro atoms. The Labute approximate surface area is 121 Å². The van der Waals surface area contributed by atoms with E-state index in [1.54, 1.807) is 0 Å². The van der Waals surface area contributed by atoms with Crippen LogP contribution >= 0.6 is 0 Å². The average molecular weight is 272 g/mol. The van der Waals surface area contributed by atoms with E-state index in [9.17, 15) is 0 Å². The van der Waals surface area contributed by atoms with Crippen molar-refractivity contribution >= 4 is 0 Å². The Morgan fingerprint density at radius 3 is 2.45 bits per heavy atom. The fourth-order valence-electron chi connectivity index (χ4n) is 5.05. The molecule has 2 saturated heterocycles. The molecular weight excluding hydrogens is 248 g/mol. The van der Waals surface area contributed by atoms with E-state index in [0.29, 0.717) is 24.4 Å². The van der Waals surface area contributed by atoms with Gasteiger partial charge < -0.3 is 9.47 Å². The summed E-state index contributed by atoms with van der Waals surface area (Å²) in [4.78, 5) is 0. The number of epoxide rings is 2. The molecule has 0 radical (unpaired) electrons. The van der Waals surface area contributed by atoms with Gasteiger partial charge in [-0.1, -0.05) is 24.3 Å². The Hall–Kier alpha value is -0.600. The Bertz CT molecular complexity index is 454. The van der Waals surface area contributed by atoms with Crippen molar-refractivity contribution < 1.29 is 9.47 Å². The molecule has 108 valence electrons. The van der Waals surface area contributed by atoms with Gasteiger partial charge in [0.25, 0.3) is 0 Å². The molecule has 2 heterocycles. The molecule has 2 nitrogen and oxygen atoms in total. The van der Waals surface area contributed by atoms with Crippen LogP contribution in [0.3, 0.4) is 0 Å². The van der Waals surface area contributed by atoms with E-state index in [1.165, 1.54) is 38.5 Å². The van der Waals surface area contributed by atoms with Crippen LogP contribution in [0.5, 0.6) is 0 Å². The maximum absolute atomic E-state index is 5.53. The highest BCUT2D eigenvalue weighted by Gasteiger charge is 2.61. The lowest BCUT2D eigenvalue weighted by Gasteiger charge is -2.23. The summed E-state index contributed by atoms with van der Waals surface area (Å²) in [5.74, 6) is 3.70. The molecule has 0 aromatic rings. The molecule has 0 bridgehead atoms. The fraction of sp³-hybridized carbons (Fsp3) is 0.778. The summed E-state index contributed by atoms with van der Waals surface area (Å²) in [6.07, 6.45) is 19.9. The molecule has 2 saturated carbocycles. The third-order valence-corrected chi connectivity index (χ3v) is 6.35. The molecule has 4 fully saturated rings. The van der Waals surface area contributed by atoms with Crippen LogP contribution in [0.15, 0.2) is 24.3 Å². The minimum absolute atomic E-state index is 0.638. The van der Waals surface area contributed by atoms with E-state index >= 15 is 0 Å². The number of hydrogen-bond acceptors (Lipinski definition) is 2. The van der Waals surface area contributed by atoms with Gasteiger partial charge in [0, 0.05) is 0 Å². The Balaban J connectivity index is 0.0000000986. The normalized spacial score (nSPS) is 56.0. The van der Waals surface area contributed by atoms with Gasteiger partial charge in [0.05, 0.1) is 24.4 Å². The monoisotopic (exact) mass is 272 g/mol. The van der Waals surface area contributed by atoms with Crippen molar-refractivity contribution in [2.45, 2.75) is 62.9 Å². The van der Waals surface area contributed by atoms with Crippen LogP contribution < -0.4 is 0 Å². The highest BCUT2D eigenvalue weighted by Crippen LogP contribution is 2.56. The third-order valence-electron chi connectivity index (χ3n) is 6.35. The summed E-state index contributed by atoms with van der Waals surface area (Å²) >= 11 is 0. The smallest absolute Gasteiger partial charge is 0.0873 e. The van der Waals surface area contributed by atoms with E-state index in [-0.39, 0.29) is 0 Å². The van der Waals surface area contributed by atoms with Gasteiger partial charge in [0.15, 0.2) is 0 Å². The Morgan fingerprint density at radius 2 is 1.50 bits per heavy atom. The Morgan fingerprint density at radius 1 is 0.700 bits per heavy atom. The van der Waals surface area contributed by atoms with Crippen molar-refractivity contribution in [2.24, 2.45) is 23.7 Å². The first kappa shape index (κ1) is 12.0. The van der Waals surface area contributed by atoms with Crippen molar-refractivity contribution in [3.05, 3.63) is 24.3 Å². The molecule has 0 aromatic heterocycles. The van der Waals surface area contributed by atoms with Crippen LogP contribution in [0.4, 0.5) is 0 Å². The largest absolute Gasteiger partial charge is 0.370 e. The highest BCUT2D eigenvalue weighted by molar-refractivity contribution is 5.10. The van der Waals surface area contributed by atoms with Gasteiger partial charge in [0.1, 0.15) is 0 Å². The highest BCUT2D eigenvalue weighted by atomic mass is 16.6. The lowest BCUT2D eigenvalue weighted by molar-refractivity contribution is 0.171. The molecule has 8 atom stereocenters. The first-order valence-corrected chi connectivity index (χ1v) is 8.51. The van der Waals surface area contributed by atoms with E-state index in [2.05, 4.69) is 24.3 Å². The van der Waals surface area contributed by atoms with Gasteiger partial charge in [-0.3, -0.25) is 0 Å². The third kappa shape index (κ3) is 2.00. The number of fused-ring (bicyclic) bond motifs is 5. The molecule has 6 aliphatic rings. The molecule has 2 aliphatic heterocycles. The van der Waals surface area contributed by atoms with Crippen LogP contribution in [0.25, 0.3) is 0 Å². The van der Waals surface area contributed by atoms with Crippen molar-refractivity contribution in [2.75, 3.05) is 0 Å². The average Bonchev–Trinajstić information content (AvgIpc) is 3.32.